The molecule has 1 atom stereocenters. The third kappa shape index (κ3) is 2.55. The number of nitrogens with two attached hydrogens (primary N) is 1. The second-order valence-corrected chi connectivity index (χ2v) is 5.08. The molecule has 2 aromatic rings. The van der Waals surface area contributed by atoms with Crippen LogP contribution in [0.15, 0.2) is 40.9 Å². The normalized spacial score (nSPS) is 12.5. The molecule has 2 N–H and O–H groups in total. The second kappa shape index (κ2) is 5.34. The summed E-state index contributed by atoms with van der Waals surface area (Å²) in [5, 5.41) is -0.0793. The minimum atomic E-state index is -0.814. The molecular formula is C13H9BrClF2N. The lowest BCUT2D eigenvalue weighted by atomic mass is 9.99. The van der Waals surface area contributed by atoms with Gasteiger partial charge in [-0.15, -0.1) is 0 Å². The van der Waals surface area contributed by atoms with Gasteiger partial charge in [0.15, 0.2) is 0 Å². The van der Waals surface area contributed by atoms with Gasteiger partial charge in [0.25, 0.3) is 0 Å². The monoisotopic (exact) mass is 331 g/mol. The smallest absolute Gasteiger partial charge is 0.142 e. The van der Waals surface area contributed by atoms with Crippen molar-refractivity contribution in [1.82, 2.24) is 0 Å². The third-order valence-corrected chi connectivity index (χ3v) is 3.50. The highest BCUT2D eigenvalue weighted by Gasteiger charge is 2.18. The Morgan fingerprint density at radius 3 is 2.50 bits per heavy atom. The van der Waals surface area contributed by atoms with Gasteiger partial charge in [0.05, 0.1) is 11.1 Å². The first-order valence-electron chi connectivity index (χ1n) is 5.15. The number of rotatable bonds is 2. The quantitative estimate of drug-likeness (QED) is 0.865. The molecule has 2 aromatic carbocycles. The van der Waals surface area contributed by atoms with Crippen LogP contribution in [0, 0.1) is 11.6 Å². The summed E-state index contributed by atoms with van der Waals surface area (Å²) in [6.07, 6.45) is 0. The lowest BCUT2D eigenvalue weighted by Gasteiger charge is -2.15. The van der Waals surface area contributed by atoms with Gasteiger partial charge in [0, 0.05) is 10.0 Å². The standard InChI is InChI=1S/C13H9BrClF2N/c14-7-4-5-10(16)9(6-7)13(18)8-2-1-3-11(17)12(8)15/h1-6,13H,18H2. The van der Waals surface area contributed by atoms with Gasteiger partial charge in [-0.05, 0) is 29.8 Å². The summed E-state index contributed by atoms with van der Waals surface area (Å²) in [6.45, 7) is 0. The van der Waals surface area contributed by atoms with E-state index in [2.05, 4.69) is 15.9 Å². The molecule has 2 rings (SSSR count). The number of benzene rings is 2. The Morgan fingerprint density at radius 2 is 1.78 bits per heavy atom. The van der Waals surface area contributed by atoms with E-state index in [1.54, 1.807) is 18.2 Å². The fourth-order valence-electron chi connectivity index (χ4n) is 1.68. The van der Waals surface area contributed by atoms with E-state index < -0.39 is 17.7 Å². The van der Waals surface area contributed by atoms with Crippen LogP contribution in [-0.2, 0) is 0 Å². The Bertz CT molecular complexity index is 587. The van der Waals surface area contributed by atoms with Gasteiger partial charge in [0.1, 0.15) is 11.6 Å². The van der Waals surface area contributed by atoms with Gasteiger partial charge in [0.2, 0.25) is 0 Å². The molecular weight excluding hydrogens is 324 g/mol. The van der Waals surface area contributed by atoms with Crippen molar-refractivity contribution in [3.05, 3.63) is 68.7 Å². The molecule has 1 nitrogen and oxygen atoms in total. The topological polar surface area (TPSA) is 26.0 Å². The molecule has 0 spiro atoms. The molecule has 0 saturated heterocycles. The van der Waals surface area contributed by atoms with Crippen molar-refractivity contribution in [3.63, 3.8) is 0 Å². The summed E-state index contributed by atoms with van der Waals surface area (Å²) in [5.74, 6) is -1.02. The van der Waals surface area contributed by atoms with Crippen molar-refractivity contribution < 1.29 is 8.78 Å². The molecule has 0 fully saturated rings. The van der Waals surface area contributed by atoms with Crippen LogP contribution in [0.4, 0.5) is 8.78 Å². The van der Waals surface area contributed by atoms with Crippen LogP contribution in [0.3, 0.4) is 0 Å². The zero-order valence-electron chi connectivity index (χ0n) is 9.13. The molecule has 0 aliphatic carbocycles. The van der Waals surface area contributed by atoms with Crippen LogP contribution in [0.1, 0.15) is 17.2 Å². The van der Waals surface area contributed by atoms with E-state index in [1.807, 2.05) is 0 Å². The Hall–Kier alpha value is -0.970. The largest absolute Gasteiger partial charge is 0.320 e. The third-order valence-electron chi connectivity index (χ3n) is 2.61. The summed E-state index contributed by atoms with van der Waals surface area (Å²) >= 11 is 9.08. The van der Waals surface area contributed by atoms with E-state index in [1.165, 1.54) is 18.2 Å². The Kier molecular flexibility index (Phi) is 4.00. The molecule has 1 unspecified atom stereocenters. The minimum Gasteiger partial charge on any atom is -0.320 e. The highest BCUT2D eigenvalue weighted by atomic mass is 79.9. The van der Waals surface area contributed by atoms with Crippen LogP contribution in [0.5, 0.6) is 0 Å². The van der Waals surface area contributed by atoms with E-state index in [0.717, 1.165) is 0 Å². The van der Waals surface area contributed by atoms with Gasteiger partial charge in [-0.3, -0.25) is 0 Å². The zero-order valence-corrected chi connectivity index (χ0v) is 11.5. The van der Waals surface area contributed by atoms with Crippen molar-refractivity contribution in [2.24, 2.45) is 5.73 Å². The van der Waals surface area contributed by atoms with E-state index in [4.69, 9.17) is 17.3 Å². The fourth-order valence-corrected chi connectivity index (χ4v) is 2.30. The molecule has 94 valence electrons. The average Bonchev–Trinajstić information content (AvgIpc) is 2.35. The van der Waals surface area contributed by atoms with Crippen LogP contribution in [-0.4, -0.2) is 0 Å². The lowest BCUT2D eigenvalue weighted by Crippen LogP contribution is -2.14. The van der Waals surface area contributed by atoms with Gasteiger partial charge in [-0.25, -0.2) is 8.78 Å². The van der Waals surface area contributed by atoms with E-state index in [9.17, 15) is 8.78 Å². The van der Waals surface area contributed by atoms with Gasteiger partial charge in [-0.1, -0.05) is 39.7 Å². The molecule has 0 bridgehead atoms. The van der Waals surface area contributed by atoms with Crippen molar-refractivity contribution >= 4 is 27.5 Å². The van der Waals surface area contributed by atoms with E-state index in [0.29, 0.717) is 10.0 Å². The fraction of sp³-hybridized carbons (Fsp3) is 0.0769. The maximum Gasteiger partial charge on any atom is 0.142 e. The number of halogens is 4. The molecule has 0 amide bonds. The first kappa shape index (κ1) is 13.5. The molecule has 0 aliphatic rings. The van der Waals surface area contributed by atoms with Crippen molar-refractivity contribution in [2.45, 2.75) is 6.04 Å². The maximum atomic E-state index is 13.7. The van der Waals surface area contributed by atoms with E-state index >= 15 is 0 Å². The SMILES string of the molecule is NC(c1cc(Br)ccc1F)c1cccc(F)c1Cl. The average molecular weight is 333 g/mol. The van der Waals surface area contributed by atoms with Crippen molar-refractivity contribution in [2.75, 3.05) is 0 Å². The second-order valence-electron chi connectivity index (χ2n) is 3.79. The highest BCUT2D eigenvalue weighted by molar-refractivity contribution is 9.10. The zero-order chi connectivity index (χ0) is 13.3. The first-order chi connectivity index (χ1) is 8.50. The van der Waals surface area contributed by atoms with Crippen molar-refractivity contribution in [1.29, 1.82) is 0 Å². The Balaban J connectivity index is 2.51. The molecule has 0 radical (unpaired) electrons. The number of hydrogen-bond acceptors (Lipinski definition) is 1. The molecule has 0 aromatic heterocycles. The first-order valence-corrected chi connectivity index (χ1v) is 6.32. The molecule has 0 aliphatic heterocycles. The lowest BCUT2D eigenvalue weighted by molar-refractivity contribution is 0.595. The predicted molar refractivity (Wildman–Crippen MR) is 71.5 cm³/mol. The summed E-state index contributed by atoms with van der Waals surface area (Å²) in [6, 6.07) is 7.91. The van der Waals surface area contributed by atoms with Crippen LogP contribution < -0.4 is 5.73 Å². The molecule has 18 heavy (non-hydrogen) atoms. The summed E-state index contributed by atoms with van der Waals surface area (Å²) in [7, 11) is 0. The van der Waals surface area contributed by atoms with Crippen LogP contribution in [0.2, 0.25) is 5.02 Å². The molecule has 0 saturated carbocycles. The summed E-state index contributed by atoms with van der Waals surface area (Å²) in [4.78, 5) is 0. The Labute approximate surface area is 117 Å². The summed E-state index contributed by atoms with van der Waals surface area (Å²) < 4.78 is 27.7. The van der Waals surface area contributed by atoms with Gasteiger partial charge >= 0.3 is 0 Å². The van der Waals surface area contributed by atoms with Gasteiger partial charge < -0.3 is 5.73 Å². The summed E-state index contributed by atoms with van der Waals surface area (Å²) in [5.41, 5.74) is 6.56. The minimum absolute atomic E-state index is 0.0793. The van der Waals surface area contributed by atoms with E-state index in [-0.39, 0.29) is 10.6 Å². The van der Waals surface area contributed by atoms with Crippen LogP contribution >= 0.6 is 27.5 Å². The van der Waals surface area contributed by atoms with Crippen LogP contribution in [0.25, 0.3) is 0 Å². The predicted octanol–water partition coefficient (Wildman–Crippen LogP) is 4.43. The molecule has 5 heteroatoms. The van der Waals surface area contributed by atoms with Gasteiger partial charge in [-0.2, -0.15) is 0 Å². The Morgan fingerprint density at radius 1 is 1.06 bits per heavy atom. The highest BCUT2D eigenvalue weighted by Crippen LogP contribution is 2.30. The maximum absolute atomic E-state index is 13.7. The number of hydrogen-bond donors (Lipinski definition) is 1. The van der Waals surface area contributed by atoms with Crippen molar-refractivity contribution in [3.8, 4) is 0 Å². The molecule has 0 heterocycles.